The van der Waals surface area contributed by atoms with E-state index in [-0.39, 0.29) is 18.4 Å². The van der Waals surface area contributed by atoms with Gasteiger partial charge in [0, 0.05) is 33.0 Å². The number of aliphatic carboxylic acids is 1. The second kappa shape index (κ2) is 12.5. The predicted molar refractivity (Wildman–Crippen MR) is 94.9 cm³/mol. The molecular weight excluding hydrogens is 322 g/mol. The molecule has 1 aliphatic heterocycles. The first-order valence-electron chi connectivity index (χ1n) is 8.87. The average molecular weight is 351 g/mol. The van der Waals surface area contributed by atoms with Gasteiger partial charge >= 0.3 is 5.97 Å². The number of hydrogen-bond donors (Lipinski definition) is 2. The first-order valence-corrected chi connectivity index (χ1v) is 8.87. The van der Waals surface area contributed by atoms with Gasteiger partial charge in [-0.25, -0.2) is 0 Å². The summed E-state index contributed by atoms with van der Waals surface area (Å²) in [6.45, 7) is 0.969. The van der Waals surface area contributed by atoms with Gasteiger partial charge in [-0.05, 0) is 32.1 Å². The summed E-state index contributed by atoms with van der Waals surface area (Å²) < 4.78 is 4.97. The fourth-order valence-electron chi connectivity index (χ4n) is 2.70. The monoisotopic (exact) mass is 351 g/mol. The molecule has 0 bridgehead atoms. The number of nitrogens with zero attached hydrogens (tertiary/aromatic N) is 1. The van der Waals surface area contributed by atoms with Gasteiger partial charge in [-0.3, -0.25) is 9.59 Å². The fraction of sp³-hybridized carbons (Fsp3) is 0.684. The molecule has 140 valence electrons. The van der Waals surface area contributed by atoms with Crippen molar-refractivity contribution in [2.75, 3.05) is 20.3 Å². The SMILES string of the molecule is COCCCC(O)/C=C/[C@H]1CCCC(=O)N1CC#CCCCC(=O)O. The number of methoxy groups -OCH3 is 1. The van der Waals surface area contributed by atoms with Crippen molar-refractivity contribution < 1.29 is 24.5 Å². The van der Waals surface area contributed by atoms with Gasteiger partial charge in [0.1, 0.15) is 0 Å². The number of carboxylic acid groups (broad SMARTS) is 1. The van der Waals surface area contributed by atoms with E-state index in [4.69, 9.17) is 9.84 Å². The molecule has 1 fully saturated rings. The average Bonchev–Trinajstić information content (AvgIpc) is 2.57. The molecule has 2 N–H and O–H groups in total. The Hall–Kier alpha value is -1.84. The van der Waals surface area contributed by atoms with Gasteiger partial charge in [-0.2, -0.15) is 0 Å². The van der Waals surface area contributed by atoms with Crippen LogP contribution in [0.3, 0.4) is 0 Å². The van der Waals surface area contributed by atoms with E-state index in [1.807, 2.05) is 6.08 Å². The molecule has 0 aromatic carbocycles. The van der Waals surface area contributed by atoms with Crippen molar-refractivity contribution in [1.29, 1.82) is 0 Å². The van der Waals surface area contributed by atoms with Gasteiger partial charge in [0.05, 0.1) is 18.7 Å². The van der Waals surface area contributed by atoms with Crippen LogP contribution in [0.4, 0.5) is 0 Å². The third-order valence-corrected chi connectivity index (χ3v) is 4.08. The Labute approximate surface area is 149 Å². The molecule has 1 saturated heterocycles. The van der Waals surface area contributed by atoms with E-state index in [0.717, 1.165) is 19.3 Å². The maximum Gasteiger partial charge on any atom is 0.303 e. The number of unbranched alkanes of at least 4 members (excludes halogenated alkanes) is 1. The number of hydrogen-bond acceptors (Lipinski definition) is 4. The smallest absolute Gasteiger partial charge is 0.303 e. The van der Waals surface area contributed by atoms with Crippen molar-refractivity contribution in [3.63, 3.8) is 0 Å². The first kappa shape index (κ1) is 21.2. The third kappa shape index (κ3) is 9.28. The van der Waals surface area contributed by atoms with Crippen LogP contribution in [0.25, 0.3) is 0 Å². The highest BCUT2D eigenvalue weighted by molar-refractivity contribution is 5.77. The Bertz CT molecular complexity index is 506. The Kier molecular flexibility index (Phi) is 10.6. The van der Waals surface area contributed by atoms with E-state index in [2.05, 4.69) is 11.8 Å². The molecule has 0 saturated carbocycles. The van der Waals surface area contributed by atoms with Crippen LogP contribution in [0, 0.1) is 11.8 Å². The van der Waals surface area contributed by atoms with Crippen molar-refractivity contribution in [2.24, 2.45) is 0 Å². The molecule has 6 nitrogen and oxygen atoms in total. The van der Waals surface area contributed by atoms with E-state index in [0.29, 0.717) is 38.8 Å². The number of rotatable bonds is 10. The minimum absolute atomic E-state index is 0.0355. The second-order valence-electron chi connectivity index (χ2n) is 6.17. The molecule has 0 aromatic rings. The normalized spacial score (nSPS) is 18.9. The molecule has 1 amide bonds. The van der Waals surface area contributed by atoms with E-state index in [1.165, 1.54) is 0 Å². The maximum atomic E-state index is 12.1. The minimum Gasteiger partial charge on any atom is -0.481 e. The summed E-state index contributed by atoms with van der Waals surface area (Å²) in [4.78, 5) is 24.3. The van der Waals surface area contributed by atoms with E-state index >= 15 is 0 Å². The highest BCUT2D eigenvalue weighted by atomic mass is 16.5. The molecule has 6 heteroatoms. The molecule has 2 atom stereocenters. The number of amides is 1. The minimum atomic E-state index is -0.817. The van der Waals surface area contributed by atoms with Crippen LogP contribution in [0.15, 0.2) is 12.2 Å². The van der Waals surface area contributed by atoms with Crippen molar-refractivity contribution >= 4 is 11.9 Å². The molecule has 0 aromatic heterocycles. The van der Waals surface area contributed by atoms with Crippen molar-refractivity contribution in [2.45, 2.75) is 63.5 Å². The Balaban J connectivity index is 2.48. The number of aliphatic hydroxyl groups excluding tert-OH is 1. The number of carbonyl (C=O) groups is 2. The number of ether oxygens (including phenoxy) is 1. The number of piperidine rings is 1. The van der Waals surface area contributed by atoms with Crippen LogP contribution >= 0.6 is 0 Å². The van der Waals surface area contributed by atoms with Crippen LogP contribution in [-0.4, -0.2) is 59.4 Å². The summed E-state index contributed by atoms with van der Waals surface area (Å²) in [6, 6.07) is -0.0355. The zero-order valence-electron chi connectivity index (χ0n) is 14.9. The summed E-state index contributed by atoms with van der Waals surface area (Å²) >= 11 is 0. The molecule has 25 heavy (non-hydrogen) atoms. The number of carbonyl (C=O) groups excluding carboxylic acids is 1. The maximum absolute atomic E-state index is 12.1. The van der Waals surface area contributed by atoms with Gasteiger partial charge in [-0.15, -0.1) is 5.92 Å². The number of likely N-dealkylation sites (tertiary alicyclic amines) is 1. The Morgan fingerprint density at radius 1 is 1.44 bits per heavy atom. The summed E-state index contributed by atoms with van der Waals surface area (Å²) in [5.74, 6) is 5.16. The molecule has 0 aliphatic carbocycles. The molecule has 0 radical (unpaired) electrons. The highest BCUT2D eigenvalue weighted by Gasteiger charge is 2.25. The molecule has 1 aliphatic rings. The fourth-order valence-corrected chi connectivity index (χ4v) is 2.70. The van der Waals surface area contributed by atoms with Gasteiger partial charge in [-0.1, -0.05) is 18.1 Å². The van der Waals surface area contributed by atoms with E-state index in [9.17, 15) is 14.7 Å². The first-order chi connectivity index (χ1) is 12.0. The predicted octanol–water partition coefficient (Wildman–Crippen LogP) is 1.97. The lowest BCUT2D eigenvalue weighted by Crippen LogP contribution is -2.42. The standard InChI is InChI=1S/C19H29NO5/c1-25-15-7-9-17(21)13-12-16-8-6-10-18(22)20(16)14-5-3-2-4-11-19(23)24/h12-13,16-17,21H,2,4,6-11,14-15H2,1H3,(H,23,24)/b13-12+/t16-,17?/m1/s1. The summed E-state index contributed by atoms with van der Waals surface area (Å²) in [5, 5.41) is 18.5. The zero-order chi connectivity index (χ0) is 18.5. The largest absolute Gasteiger partial charge is 0.481 e. The number of carboxylic acids is 1. The Morgan fingerprint density at radius 3 is 2.96 bits per heavy atom. The molecule has 1 unspecified atom stereocenters. The van der Waals surface area contributed by atoms with Crippen molar-refractivity contribution in [3.05, 3.63) is 12.2 Å². The quantitative estimate of drug-likeness (QED) is 0.357. The second-order valence-corrected chi connectivity index (χ2v) is 6.17. The van der Waals surface area contributed by atoms with Crippen LogP contribution in [0.5, 0.6) is 0 Å². The summed E-state index contributed by atoms with van der Waals surface area (Å²) in [7, 11) is 1.64. The molecule has 0 spiro atoms. The van der Waals surface area contributed by atoms with E-state index in [1.54, 1.807) is 18.1 Å². The van der Waals surface area contributed by atoms with Crippen molar-refractivity contribution in [3.8, 4) is 11.8 Å². The summed E-state index contributed by atoms with van der Waals surface area (Å²) in [6.07, 6.45) is 7.95. The lowest BCUT2D eigenvalue weighted by atomic mass is 10.00. The van der Waals surface area contributed by atoms with Crippen LogP contribution in [0.2, 0.25) is 0 Å². The summed E-state index contributed by atoms with van der Waals surface area (Å²) in [5.41, 5.74) is 0. The van der Waals surface area contributed by atoms with Crippen molar-refractivity contribution in [1.82, 2.24) is 4.90 Å². The molecule has 1 heterocycles. The molecular formula is C19H29NO5. The van der Waals surface area contributed by atoms with Gasteiger partial charge in [0.15, 0.2) is 0 Å². The van der Waals surface area contributed by atoms with Gasteiger partial charge in [0.2, 0.25) is 5.91 Å². The van der Waals surface area contributed by atoms with Gasteiger partial charge in [0.25, 0.3) is 0 Å². The lowest BCUT2D eigenvalue weighted by Gasteiger charge is -2.32. The molecule has 1 rings (SSSR count). The zero-order valence-corrected chi connectivity index (χ0v) is 14.9. The third-order valence-electron chi connectivity index (χ3n) is 4.08. The topological polar surface area (TPSA) is 87.1 Å². The van der Waals surface area contributed by atoms with Gasteiger partial charge < -0.3 is 19.8 Å². The lowest BCUT2D eigenvalue weighted by molar-refractivity contribution is -0.137. The van der Waals surface area contributed by atoms with E-state index < -0.39 is 12.1 Å². The van der Waals surface area contributed by atoms with Crippen LogP contribution in [0.1, 0.15) is 51.4 Å². The van der Waals surface area contributed by atoms with Crippen LogP contribution in [-0.2, 0) is 14.3 Å². The number of aliphatic hydroxyl groups is 1. The highest BCUT2D eigenvalue weighted by Crippen LogP contribution is 2.19. The van der Waals surface area contributed by atoms with Crippen LogP contribution < -0.4 is 0 Å². The Morgan fingerprint density at radius 2 is 2.24 bits per heavy atom.